The van der Waals surface area contributed by atoms with Crippen molar-refractivity contribution >= 4 is 38.6 Å². The van der Waals surface area contributed by atoms with Crippen LogP contribution in [0.5, 0.6) is 0 Å². The van der Waals surface area contributed by atoms with E-state index in [9.17, 15) is 4.79 Å². The van der Waals surface area contributed by atoms with E-state index in [1.165, 1.54) is 11.3 Å². The Morgan fingerprint density at radius 3 is 2.34 bits per heavy atom. The third-order valence-corrected chi connectivity index (χ3v) is 8.50. The predicted octanol–water partition coefficient (Wildman–Crippen LogP) is 5.66. The molecular formula is C31H34BrN5O. The number of nitrogens with zero attached hydrogens (tertiary/aromatic N) is 5. The molecule has 2 fully saturated rings. The number of rotatable bonds is 5. The maximum absolute atomic E-state index is 13.4. The first-order valence-electron chi connectivity index (χ1n) is 13.6. The first-order valence-corrected chi connectivity index (χ1v) is 14.4. The van der Waals surface area contributed by atoms with Crippen molar-refractivity contribution < 1.29 is 4.79 Å². The number of likely N-dealkylation sites (tertiary alicyclic amines) is 1. The number of benzene rings is 3. The average molecular weight is 573 g/mol. The Labute approximate surface area is 233 Å². The van der Waals surface area contributed by atoms with Crippen LogP contribution in [-0.4, -0.2) is 64.5 Å². The van der Waals surface area contributed by atoms with Crippen molar-refractivity contribution in [3.05, 3.63) is 88.7 Å². The highest BCUT2D eigenvalue weighted by molar-refractivity contribution is 9.10. The molecule has 6 rings (SSSR count). The average Bonchev–Trinajstić information content (AvgIpc) is 3.31. The van der Waals surface area contributed by atoms with Crippen LogP contribution in [0.1, 0.15) is 24.2 Å². The molecule has 1 amide bonds. The van der Waals surface area contributed by atoms with Gasteiger partial charge in [-0.05, 0) is 86.9 Å². The van der Waals surface area contributed by atoms with Crippen molar-refractivity contribution in [1.29, 1.82) is 0 Å². The van der Waals surface area contributed by atoms with Crippen LogP contribution in [0.3, 0.4) is 0 Å². The molecular weight excluding hydrogens is 538 g/mol. The second-order valence-electron chi connectivity index (χ2n) is 10.5. The smallest absolute Gasteiger partial charge is 0.225 e. The quantitative estimate of drug-likeness (QED) is 0.310. The monoisotopic (exact) mass is 571 g/mol. The van der Waals surface area contributed by atoms with Crippen molar-refractivity contribution in [2.24, 2.45) is 5.92 Å². The number of para-hydroxylation sites is 2. The van der Waals surface area contributed by atoms with Crippen LogP contribution >= 0.6 is 15.9 Å². The molecule has 2 aliphatic heterocycles. The van der Waals surface area contributed by atoms with Crippen molar-refractivity contribution in [2.75, 3.05) is 44.2 Å². The summed E-state index contributed by atoms with van der Waals surface area (Å²) in [4.78, 5) is 25.3. The van der Waals surface area contributed by atoms with Crippen LogP contribution < -0.4 is 4.90 Å². The summed E-state index contributed by atoms with van der Waals surface area (Å²) in [5.41, 5.74) is 5.80. The van der Waals surface area contributed by atoms with Gasteiger partial charge in [0.15, 0.2) is 0 Å². The fourth-order valence-corrected chi connectivity index (χ4v) is 6.13. The van der Waals surface area contributed by atoms with E-state index in [-0.39, 0.29) is 5.92 Å². The normalized spacial score (nSPS) is 17.3. The molecule has 0 aliphatic carbocycles. The zero-order chi connectivity index (χ0) is 26.1. The summed E-state index contributed by atoms with van der Waals surface area (Å²) in [6, 6.07) is 25.4. The van der Waals surface area contributed by atoms with Gasteiger partial charge in [-0.15, -0.1) is 0 Å². The molecule has 3 aromatic carbocycles. The van der Waals surface area contributed by atoms with E-state index in [0.29, 0.717) is 5.91 Å². The van der Waals surface area contributed by atoms with E-state index in [2.05, 4.69) is 109 Å². The van der Waals surface area contributed by atoms with Crippen molar-refractivity contribution in [3.8, 4) is 5.69 Å². The van der Waals surface area contributed by atoms with Gasteiger partial charge in [-0.2, -0.15) is 0 Å². The topological polar surface area (TPSA) is 44.6 Å². The molecule has 2 aliphatic rings. The lowest BCUT2D eigenvalue weighted by Gasteiger charge is -2.39. The van der Waals surface area contributed by atoms with Gasteiger partial charge in [0.2, 0.25) is 5.91 Å². The van der Waals surface area contributed by atoms with Crippen LogP contribution in [0.2, 0.25) is 0 Å². The lowest BCUT2D eigenvalue weighted by Crippen LogP contribution is -2.51. The zero-order valence-electron chi connectivity index (χ0n) is 21.9. The van der Waals surface area contributed by atoms with Gasteiger partial charge in [0.05, 0.1) is 17.6 Å². The minimum atomic E-state index is 0.127. The first kappa shape index (κ1) is 25.1. The van der Waals surface area contributed by atoms with Gasteiger partial charge in [-0.3, -0.25) is 14.3 Å². The molecule has 0 radical (unpaired) electrons. The van der Waals surface area contributed by atoms with E-state index in [0.717, 1.165) is 85.7 Å². The third kappa shape index (κ3) is 5.22. The second-order valence-corrected chi connectivity index (χ2v) is 11.4. The van der Waals surface area contributed by atoms with Gasteiger partial charge >= 0.3 is 0 Å². The third-order valence-electron chi connectivity index (χ3n) is 7.98. The van der Waals surface area contributed by atoms with E-state index in [1.54, 1.807) is 0 Å². The van der Waals surface area contributed by atoms with E-state index >= 15 is 0 Å². The Balaban J connectivity index is 1.08. The Morgan fingerprint density at radius 1 is 0.868 bits per heavy atom. The molecule has 2 saturated heterocycles. The van der Waals surface area contributed by atoms with Crippen LogP contribution in [0.15, 0.2) is 77.3 Å². The Bertz CT molecular complexity index is 1420. The molecule has 38 heavy (non-hydrogen) atoms. The summed E-state index contributed by atoms with van der Waals surface area (Å²) >= 11 is 3.55. The molecule has 0 bridgehead atoms. The Morgan fingerprint density at radius 2 is 1.61 bits per heavy atom. The number of piperidine rings is 1. The van der Waals surface area contributed by atoms with E-state index in [4.69, 9.17) is 4.98 Å². The molecule has 0 unspecified atom stereocenters. The van der Waals surface area contributed by atoms with Gasteiger partial charge in [-0.25, -0.2) is 4.98 Å². The fraction of sp³-hybridized carbons (Fsp3) is 0.355. The number of carbonyl (C=O) groups excluding carboxylic acids is 1. The van der Waals surface area contributed by atoms with Crippen molar-refractivity contribution in [2.45, 2.75) is 26.3 Å². The second kappa shape index (κ2) is 10.9. The van der Waals surface area contributed by atoms with Crippen molar-refractivity contribution in [1.82, 2.24) is 19.4 Å². The zero-order valence-corrected chi connectivity index (χ0v) is 23.5. The summed E-state index contributed by atoms with van der Waals surface area (Å²) in [7, 11) is 0. The van der Waals surface area contributed by atoms with Gasteiger partial charge in [0, 0.05) is 47.9 Å². The molecule has 7 heteroatoms. The van der Waals surface area contributed by atoms with Crippen LogP contribution in [0, 0.1) is 12.8 Å². The number of carbonyl (C=O) groups is 1. The largest absolute Gasteiger partial charge is 0.368 e. The van der Waals surface area contributed by atoms with Crippen LogP contribution in [0.4, 0.5) is 5.69 Å². The number of aryl methyl sites for hydroxylation is 1. The molecule has 6 nitrogen and oxygen atoms in total. The number of anilines is 1. The lowest BCUT2D eigenvalue weighted by molar-refractivity contribution is -0.137. The maximum atomic E-state index is 13.4. The number of halogens is 1. The van der Waals surface area contributed by atoms with Crippen LogP contribution in [0.25, 0.3) is 16.7 Å². The molecule has 0 N–H and O–H groups in total. The number of piperazine rings is 1. The summed E-state index contributed by atoms with van der Waals surface area (Å²) < 4.78 is 3.34. The number of amides is 1. The molecule has 196 valence electrons. The Kier molecular flexibility index (Phi) is 7.22. The SMILES string of the molecule is Cc1cccc(N2CCN(C(=O)C3CCN(Cc4nc5ccccc5n4-c4ccc(Br)cc4)CC3)CC2)c1. The van der Waals surface area contributed by atoms with Gasteiger partial charge < -0.3 is 9.80 Å². The van der Waals surface area contributed by atoms with Crippen LogP contribution in [-0.2, 0) is 11.3 Å². The van der Waals surface area contributed by atoms with Gasteiger partial charge in [0.25, 0.3) is 0 Å². The molecule has 3 heterocycles. The molecule has 1 aromatic heterocycles. The number of fused-ring (bicyclic) bond motifs is 1. The summed E-state index contributed by atoms with van der Waals surface area (Å²) in [6.07, 6.45) is 1.82. The minimum absolute atomic E-state index is 0.127. The number of hydrogen-bond donors (Lipinski definition) is 0. The standard InChI is InChI=1S/C31H34BrN5O/c1-23-5-4-6-27(21-23)35-17-19-36(20-18-35)31(38)24-13-15-34(16-14-24)22-30-33-28-7-2-3-8-29(28)37(30)26-11-9-25(32)10-12-26/h2-12,21,24H,13-20,22H2,1H3. The highest BCUT2D eigenvalue weighted by Gasteiger charge is 2.31. The summed E-state index contributed by atoms with van der Waals surface area (Å²) in [5.74, 6) is 1.52. The molecule has 0 saturated carbocycles. The molecule has 4 aromatic rings. The minimum Gasteiger partial charge on any atom is -0.368 e. The number of hydrogen-bond acceptors (Lipinski definition) is 4. The lowest BCUT2D eigenvalue weighted by atomic mass is 9.95. The van der Waals surface area contributed by atoms with E-state index in [1.807, 2.05) is 6.07 Å². The molecule has 0 atom stereocenters. The van der Waals surface area contributed by atoms with Crippen molar-refractivity contribution in [3.63, 3.8) is 0 Å². The predicted molar refractivity (Wildman–Crippen MR) is 157 cm³/mol. The highest BCUT2D eigenvalue weighted by Crippen LogP contribution is 2.27. The van der Waals surface area contributed by atoms with E-state index < -0.39 is 0 Å². The molecule has 0 spiro atoms. The Hall–Kier alpha value is -3.16. The summed E-state index contributed by atoms with van der Waals surface area (Å²) in [6.45, 7) is 8.17. The van der Waals surface area contributed by atoms with Gasteiger partial charge in [-0.1, -0.05) is 40.2 Å². The number of aromatic nitrogens is 2. The number of imidazole rings is 1. The highest BCUT2D eigenvalue weighted by atomic mass is 79.9. The summed E-state index contributed by atoms with van der Waals surface area (Å²) in [5, 5.41) is 0. The maximum Gasteiger partial charge on any atom is 0.225 e. The van der Waals surface area contributed by atoms with Gasteiger partial charge in [0.1, 0.15) is 5.82 Å². The fourth-order valence-electron chi connectivity index (χ4n) is 5.87. The first-order chi connectivity index (χ1) is 18.5.